The van der Waals surface area contributed by atoms with Crippen LogP contribution in [0, 0.1) is 0 Å². The fraction of sp³-hybridized carbons (Fsp3) is 0.214. The lowest BCUT2D eigenvalue weighted by molar-refractivity contribution is 0.0994. The summed E-state index contributed by atoms with van der Waals surface area (Å²) in [6.07, 6.45) is 0.828. The molecule has 0 atom stereocenters. The quantitative estimate of drug-likeness (QED) is 0.921. The van der Waals surface area contributed by atoms with Crippen molar-refractivity contribution in [1.29, 1.82) is 0 Å². The Balaban J connectivity index is 1.87. The molecule has 5 nitrogen and oxygen atoms in total. The molecule has 1 aromatic carbocycles. The molecule has 0 unspecified atom stereocenters. The third-order valence-electron chi connectivity index (χ3n) is 3.48. The predicted molar refractivity (Wildman–Crippen MR) is 81.8 cm³/mol. The Kier molecular flexibility index (Phi) is 3.69. The standard InChI is InChI=1S/C14H12Cl2N4O/c15-9-5-8-3-4-20(7-10(8)11(16)6-9)13-2-1-12(14(17)21)18-19-13/h1-2,5-6H,3-4,7H2,(H2,17,21). The number of carbonyl (C=O) groups excluding carboxylic acids is 1. The van der Waals surface area contributed by atoms with Crippen molar-refractivity contribution in [1.82, 2.24) is 10.2 Å². The zero-order valence-electron chi connectivity index (χ0n) is 11.0. The largest absolute Gasteiger partial charge is 0.364 e. The molecule has 0 saturated heterocycles. The summed E-state index contributed by atoms with van der Waals surface area (Å²) in [6.45, 7) is 1.42. The van der Waals surface area contributed by atoms with Crippen LogP contribution in [-0.4, -0.2) is 22.6 Å². The van der Waals surface area contributed by atoms with E-state index >= 15 is 0 Å². The van der Waals surface area contributed by atoms with Crippen molar-refractivity contribution < 1.29 is 4.79 Å². The molecule has 7 heteroatoms. The van der Waals surface area contributed by atoms with E-state index in [-0.39, 0.29) is 5.69 Å². The first-order valence-electron chi connectivity index (χ1n) is 6.40. The van der Waals surface area contributed by atoms with Crippen LogP contribution in [0.5, 0.6) is 0 Å². The van der Waals surface area contributed by atoms with Gasteiger partial charge in [0.1, 0.15) is 0 Å². The zero-order chi connectivity index (χ0) is 15.0. The summed E-state index contributed by atoms with van der Waals surface area (Å²) in [4.78, 5) is 13.1. The first kappa shape index (κ1) is 14.1. The lowest BCUT2D eigenvalue weighted by Gasteiger charge is -2.30. The molecule has 2 heterocycles. The second-order valence-corrected chi connectivity index (χ2v) is 5.68. The maximum atomic E-state index is 11.0. The predicted octanol–water partition coefficient (Wildman–Crippen LogP) is 2.45. The van der Waals surface area contributed by atoms with Crippen molar-refractivity contribution in [3.63, 3.8) is 0 Å². The van der Waals surface area contributed by atoms with Crippen LogP contribution in [0.2, 0.25) is 10.0 Å². The van der Waals surface area contributed by atoms with Crippen LogP contribution in [0.1, 0.15) is 21.6 Å². The third kappa shape index (κ3) is 2.80. The van der Waals surface area contributed by atoms with Crippen LogP contribution in [0.3, 0.4) is 0 Å². The van der Waals surface area contributed by atoms with Crippen molar-refractivity contribution in [2.75, 3.05) is 11.4 Å². The summed E-state index contributed by atoms with van der Waals surface area (Å²) in [5.41, 5.74) is 7.52. The van der Waals surface area contributed by atoms with E-state index in [4.69, 9.17) is 28.9 Å². The van der Waals surface area contributed by atoms with Crippen molar-refractivity contribution in [3.8, 4) is 0 Å². The number of rotatable bonds is 2. The maximum absolute atomic E-state index is 11.0. The van der Waals surface area contributed by atoms with E-state index in [0.29, 0.717) is 22.4 Å². The van der Waals surface area contributed by atoms with Gasteiger partial charge in [-0.05, 0) is 41.8 Å². The van der Waals surface area contributed by atoms with Crippen LogP contribution < -0.4 is 10.6 Å². The van der Waals surface area contributed by atoms with Gasteiger partial charge in [0.25, 0.3) is 5.91 Å². The lowest BCUT2D eigenvalue weighted by atomic mass is 10.00. The number of fused-ring (bicyclic) bond motifs is 1. The molecule has 0 fully saturated rings. The van der Waals surface area contributed by atoms with Gasteiger partial charge >= 0.3 is 0 Å². The van der Waals surface area contributed by atoms with Gasteiger partial charge in [-0.3, -0.25) is 4.79 Å². The number of amides is 1. The molecule has 1 aromatic heterocycles. The van der Waals surface area contributed by atoms with E-state index < -0.39 is 5.91 Å². The van der Waals surface area contributed by atoms with Crippen LogP contribution in [0.25, 0.3) is 0 Å². The minimum Gasteiger partial charge on any atom is -0.364 e. The SMILES string of the molecule is NC(=O)c1ccc(N2CCc3cc(Cl)cc(Cl)c3C2)nn1. The number of aromatic nitrogens is 2. The fourth-order valence-corrected chi connectivity index (χ4v) is 3.00. The first-order valence-corrected chi connectivity index (χ1v) is 7.15. The molecule has 1 aliphatic rings. The highest BCUT2D eigenvalue weighted by Crippen LogP contribution is 2.31. The number of primary amides is 1. The molecular formula is C14H12Cl2N4O. The Hall–Kier alpha value is -1.85. The molecule has 108 valence electrons. The molecule has 2 aromatic rings. The smallest absolute Gasteiger partial charge is 0.269 e. The number of hydrogen-bond acceptors (Lipinski definition) is 4. The van der Waals surface area contributed by atoms with Gasteiger partial charge in [0.2, 0.25) is 0 Å². The summed E-state index contributed by atoms with van der Waals surface area (Å²) >= 11 is 12.3. The van der Waals surface area contributed by atoms with Crippen LogP contribution >= 0.6 is 23.2 Å². The first-order chi connectivity index (χ1) is 10.0. The molecule has 0 aliphatic carbocycles. The number of halogens is 2. The normalized spacial score (nSPS) is 13.9. The van der Waals surface area contributed by atoms with Gasteiger partial charge in [-0.2, -0.15) is 0 Å². The summed E-state index contributed by atoms with van der Waals surface area (Å²) in [7, 11) is 0. The van der Waals surface area contributed by atoms with E-state index in [1.54, 1.807) is 18.2 Å². The van der Waals surface area contributed by atoms with Crippen molar-refractivity contribution >= 4 is 34.9 Å². The van der Waals surface area contributed by atoms with Gasteiger partial charge in [-0.15, -0.1) is 10.2 Å². The Labute approximate surface area is 131 Å². The van der Waals surface area contributed by atoms with E-state index in [1.807, 2.05) is 6.07 Å². The van der Waals surface area contributed by atoms with Gasteiger partial charge in [-0.1, -0.05) is 23.2 Å². The monoisotopic (exact) mass is 322 g/mol. The average Bonchev–Trinajstić information content (AvgIpc) is 2.47. The molecule has 0 saturated carbocycles. The number of anilines is 1. The summed E-state index contributed by atoms with van der Waals surface area (Å²) in [5.74, 6) is 0.104. The highest BCUT2D eigenvalue weighted by atomic mass is 35.5. The van der Waals surface area contributed by atoms with E-state index in [9.17, 15) is 4.79 Å². The second kappa shape index (κ2) is 5.50. The van der Waals surface area contributed by atoms with E-state index in [2.05, 4.69) is 15.1 Å². The van der Waals surface area contributed by atoms with E-state index in [0.717, 1.165) is 24.1 Å². The molecule has 0 bridgehead atoms. The van der Waals surface area contributed by atoms with Crippen molar-refractivity contribution in [2.45, 2.75) is 13.0 Å². The molecule has 0 spiro atoms. The topological polar surface area (TPSA) is 72.1 Å². The third-order valence-corrected chi connectivity index (χ3v) is 4.04. The summed E-state index contributed by atoms with van der Waals surface area (Å²) in [6, 6.07) is 7.00. The number of carbonyl (C=O) groups is 1. The molecule has 2 N–H and O–H groups in total. The van der Waals surface area contributed by atoms with E-state index in [1.165, 1.54) is 0 Å². The molecule has 3 rings (SSSR count). The van der Waals surface area contributed by atoms with Gasteiger partial charge in [0.15, 0.2) is 11.5 Å². The van der Waals surface area contributed by atoms with Gasteiger partial charge in [-0.25, -0.2) is 0 Å². The van der Waals surface area contributed by atoms with Crippen LogP contribution in [-0.2, 0) is 13.0 Å². The Morgan fingerprint density at radius 1 is 1.24 bits per heavy atom. The van der Waals surface area contributed by atoms with Gasteiger partial charge in [0, 0.05) is 23.1 Å². The zero-order valence-corrected chi connectivity index (χ0v) is 12.5. The highest BCUT2D eigenvalue weighted by Gasteiger charge is 2.20. The molecule has 0 radical (unpaired) electrons. The van der Waals surface area contributed by atoms with Gasteiger partial charge < -0.3 is 10.6 Å². The highest BCUT2D eigenvalue weighted by molar-refractivity contribution is 6.35. The number of hydrogen-bond donors (Lipinski definition) is 1. The fourth-order valence-electron chi connectivity index (χ4n) is 2.40. The number of benzene rings is 1. The van der Waals surface area contributed by atoms with Crippen LogP contribution in [0.15, 0.2) is 24.3 Å². The van der Waals surface area contributed by atoms with Gasteiger partial charge in [0.05, 0.1) is 0 Å². The second-order valence-electron chi connectivity index (χ2n) is 4.84. The minimum absolute atomic E-state index is 0.154. The molecule has 1 aliphatic heterocycles. The molecule has 1 amide bonds. The van der Waals surface area contributed by atoms with Crippen molar-refractivity contribution in [3.05, 3.63) is 51.1 Å². The molecule has 21 heavy (non-hydrogen) atoms. The summed E-state index contributed by atoms with van der Waals surface area (Å²) in [5, 5.41) is 9.18. The minimum atomic E-state index is -0.587. The van der Waals surface area contributed by atoms with Crippen LogP contribution in [0.4, 0.5) is 5.82 Å². The Morgan fingerprint density at radius 2 is 2.05 bits per heavy atom. The maximum Gasteiger partial charge on any atom is 0.269 e. The average molecular weight is 323 g/mol. The molecular weight excluding hydrogens is 311 g/mol. The van der Waals surface area contributed by atoms with Crippen molar-refractivity contribution in [2.24, 2.45) is 5.73 Å². The number of nitrogens with zero attached hydrogens (tertiary/aromatic N) is 3. The summed E-state index contributed by atoms with van der Waals surface area (Å²) < 4.78 is 0. The lowest BCUT2D eigenvalue weighted by Crippen LogP contribution is -2.31. The Bertz CT molecular complexity index is 703. The number of nitrogens with two attached hydrogens (primary N) is 1. The Morgan fingerprint density at radius 3 is 2.71 bits per heavy atom.